The van der Waals surface area contributed by atoms with E-state index in [9.17, 15) is 8.78 Å². The molecule has 3 atom stereocenters. The van der Waals surface area contributed by atoms with Crippen LogP contribution in [-0.4, -0.2) is 28.6 Å². The van der Waals surface area contributed by atoms with Gasteiger partial charge in [0.15, 0.2) is 0 Å². The standard InChI is InChI=1S/C16H23F2NS2/c1-3-8-19-15(14-11(17)6-5-7-12(14)18)16-13(4-2)20-9-10-21-16/h5-7,13,15-16,19H,3-4,8-10H2,1-2H3. The number of rotatable bonds is 6. The predicted octanol–water partition coefficient (Wildman–Crippen LogP) is 4.63. The molecule has 1 fully saturated rings. The van der Waals surface area contributed by atoms with E-state index in [1.54, 1.807) is 0 Å². The first kappa shape index (κ1) is 17.1. The number of halogens is 2. The minimum atomic E-state index is -0.436. The number of thioether (sulfide) groups is 2. The molecule has 0 aromatic heterocycles. The Morgan fingerprint density at radius 2 is 1.86 bits per heavy atom. The Balaban J connectivity index is 2.32. The second kappa shape index (κ2) is 8.39. The van der Waals surface area contributed by atoms with Crippen molar-refractivity contribution in [3.8, 4) is 0 Å². The molecule has 21 heavy (non-hydrogen) atoms. The third-order valence-electron chi connectivity index (χ3n) is 3.75. The van der Waals surface area contributed by atoms with E-state index in [-0.39, 0.29) is 16.9 Å². The van der Waals surface area contributed by atoms with Gasteiger partial charge in [-0.3, -0.25) is 0 Å². The van der Waals surface area contributed by atoms with Crippen LogP contribution in [0, 0.1) is 11.6 Å². The highest BCUT2D eigenvalue weighted by atomic mass is 32.2. The first-order valence-corrected chi connectivity index (χ1v) is 9.69. The number of hydrogen-bond acceptors (Lipinski definition) is 3. The van der Waals surface area contributed by atoms with Crippen molar-refractivity contribution in [2.45, 2.75) is 43.2 Å². The van der Waals surface area contributed by atoms with Crippen molar-refractivity contribution >= 4 is 23.5 Å². The SMILES string of the molecule is CCCNC(c1c(F)cccc1F)C1SCCSC1CC. The van der Waals surface area contributed by atoms with Crippen molar-refractivity contribution in [1.82, 2.24) is 5.32 Å². The maximum Gasteiger partial charge on any atom is 0.130 e. The zero-order valence-corrected chi connectivity index (χ0v) is 14.2. The van der Waals surface area contributed by atoms with E-state index >= 15 is 0 Å². The lowest BCUT2D eigenvalue weighted by molar-refractivity contribution is 0.447. The molecule has 1 aliphatic heterocycles. The minimum Gasteiger partial charge on any atom is -0.309 e. The fraction of sp³-hybridized carbons (Fsp3) is 0.625. The molecule has 1 heterocycles. The highest BCUT2D eigenvalue weighted by Gasteiger charge is 2.35. The molecular formula is C16H23F2NS2. The Bertz CT molecular complexity index is 436. The van der Waals surface area contributed by atoms with E-state index in [0.29, 0.717) is 5.25 Å². The van der Waals surface area contributed by atoms with E-state index in [0.717, 1.165) is 30.9 Å². The zero-order valence-electron chi connectivity index (χ0n) is 12.6. The average molecular weight is 331 g/mol. The van der Waals surface area contributed by atoms with Gasteiger partial charge in [-0.25, -0.2) is 8.78 Å². The monoisotopic (exact) mass is 331 g/mol. The molecule has 0 spiro atoms. The number of benzene rings is 1. The first-order chi connectivity index (χ1) is 10.2. The second-order valence-corrected chi connectivity index (χ2v) is 7.85. The van der Waals surface area contributed by atoms with Gasteiger partial charge in [-0.1, -0.05) is 19.9 Å². The first-order valence-electron chi connectivity index (χ1n) is 7.59. The van der Waals surface area contributed by atoms with Gasteiger partial charge in [-0.05, 0) is 31.5 Å². The Hall–Kier alpha value is -0.260. The Labute approximate surface area is 134 Å². The Morgan fingerprint density at radius 1 is 1.19 bits per heavy atom. The third kappa shape index (κ3) is 4.14. The summed E-state index contributed by atoms with van der Waals surface area (Å²) in [5.41, 5.74) is 0.212. The van der Waals surface area contributed by atoms with Crippen molar-refractivity contribution < 1.29 is 8.78 Å². The largest absolute Gasteiger partial charge is 0.309 e. The molecule has 1 aromatic rings. The van der Waals surface area contributed by atoms with E-state index < -0.39 is 11.6 Å². The fourth-order valence-electron chi connectivity index (χ4n) is 2.74. The molecule has 1 N–H and O–H groups in total. The normalized spacial score (nSPS) is 24.0. The van der Waals surface area contributed by atoms with Gasteiger partial charge in [0.05, 0.1) is 6.04 Å². The van der Waals surface area contributed by atoms with E-state index in [1.807, 2.05) is 23.5 Å². The lowest BCUT2D eigenvalue weighted by atomic mass is 9.98. The van der Waals surface area contributed by atoms with Gasteiger partial charge in [-0.2, -0.15) is 23.5 Å². The molecule has 0 amide bonds. The highest BCUT2D eigenvalue weighted by molar-refractivity contribution is 8.07. The van der Waals surface area contributed by atoms with Crippen LogP contribution in [0.5, 0.6) is 0 Å². The summed E-state index contributed by atoms with van der Waals surface area (Å²) in [5, 5.41) is 4.04. The summed E-state index contributed by atoms with van der Waals surface area (Å²) in [6.07, 6.45) is 1.98. The summed E-state index contributed by atoms with van der Waals surface area (Å²) in [7, 11) is 0. The molecule has 1 nitrogen and oxygen atoms in total. The molecule has 0 radical (unpaired) electrons. The van der Waals surface area contributed by atoms with Crippen LogP contribution in [-0.2, 0) is 0 Å². The third-order valence-corrected chi connectivity index (χ3v) is 7.10. The van der Waals surface area contributed by atoms with Gasteiger partial charge < -0.3 is 5.32 Å². The summed E-state index contributed by atoms with van der Waals surface area (Å²) in [4.78, 5) is 0. The van der Waals surface area contributed by atoms with Crippen LogP contribution in [0.2, 0.25) is 0 Å². The lowest BCUT2D eigenvalue weighted by Crippen LogP contribution is -2.40. The molecule has 0 saturated carbocycles. The van der Waals surface area contributed by atoms with Crippen molar-refractivity contribution in [2.24, 2.45) is 0 Å². The van der Waals surface area contributed by atoms with Crippen LogP contribution in [0.15, 0.2) is 18.2 Å². The molecule has 3 unspecified atom stereocenters. The summed E-state index contributed by atoms with van der Waals surface area (Å²) in [6.45, 7) is 5.00. The molecule has 118 valence electrons. The molecule has 5 heteroatoms. The van der Waals surface area contributed by atoms with Crippen molar-refractivity contribution in [3.05, 3.63) is 35.4 Å². The highest BCUT2D eigenvalue weighted by Crippen LogP contribution is 2.41. The van der Waals surface area contributed by atoms with Gasteiger partial charge >= 0.3 is 0 Å². The summed E-state index contributed by atoms with van der Waals surface area (Å²) < 4.78 is 28.4. The van der Waals surface area contributed by atoms with Crippen LogP contribution < -0.4 is 5.32 Å². The summed E-state index contributed by atoms with van der Waals surface area (Å²) >= 11 is 3.78. The van der Waals surface area contributed by atoms with E-state index in [2.05, 4.69) is 19.2 Å². The van der Waals surface area contributed by atoms with Gasteiger partial charge in [0.2, 0.25) is 0 Å². The molecule has 2 rings (SSSR count). The Kier molecular flexibility index (Phi) is 6.83. The lowest BCUT2D eigenvalue weighted by Gasteiger charge is -2.37. The number of nitrogens with one attached hydrogen (secondary N) is 1. The Morgan fingerprint density at radius 3 is 2.48 bits per heavy atom. The smallest absolute Gasteiger partial charge is 0.130 e. The second-order valence-electron chi connectivity index (χ2n) is 5.22. The van der Waals surface area contributed by atoms with E-state index in [4.69, 9.17) is 0 Å². The zero-order chi connectivity index (χ0) is 15.2. The van der Waals surface area contributed by atoms with Crippen LogP contribution in [0.25, 0.3) is 0 Å². The van der Waals surface area contributed by atoms with Crippen LogP contribution in [0.1, 0.15) is 38.3 Å². The summed E-state index contributed by atoms with van der Waals surface area (Å²) in [6, 6.07) is 3.90. The van der Waals surface area contributed by atoms with Crippen LogP contribution >= 0.6 is 23.5 Å². The predicted molar refractivity (Wildman–Crippen MR) is 90.2 cm³/mol. The van der Waals surface area contributed by atoms with E-state index in [1.165, 1.54) is 18.2 Å². The van der Waals surface area contributed by atoms with Crippen molar-refractivity contribution in [2.75, 3.05) is 18.1 Å². The maximum absolute atomic E-state index is 14.2. The van der Waals surface area contributed by atoms with Gasteiger partial charge in [-0.15, -0.1) is 0 Å². The molecule has 0 aliphatic carbocycles. The summed E-state index contributed by atoms with van der Waals surface area (Å²) in [5.74, 6) is 1.30. The quantitative estimate of drug-likeness (QED) is 0.816. The maximum atomic E-state index is 14.2. The topological polar surface area (TPSA) is 12.0 Å². The van der Waals surface area contributed by atoms with Crippen LogP contribution in [0.4, 0.5) is 8.78 Å². The minimum absolute atomic E-state index is 0.212. The van der Waals surface area contributed by atoms with Gasteiger partial charge in [0.25, 0.3) is 0 Å². The van der Waals surface area contributed by atoms with Gasteiger partial charge in [0, 0.05) is 27.6 Å². The molecule has 1 aromatic carbocycles. The van der Waals surface area contributed by atoms with Crippen LogP contribution in [0.3, 0.4) is 0 Å². The number of hydrogen-bond donors (Lipinski definition) is 1. The molecule has 0 bridgehead atoms. The van der Waals surface area contributed by atoms with Gasteiger partial charge in [0.1, 0.15) is 11.6 Å². The molecule has 1 saturated heterocycles. The molecule has 1 aliphatic rings. The average Bonchev–Trinajstić information content (AvgIpc) is 2.50. The fourth-order valence-corrected chi connectivity index (χ4v) is 5.97. The molecular weight excluding hydrogens is 308 g/mol. The van der Waals surface area contributed by atoms with Crippen molar-refractivity contribution in [1.29, 1.82) is 0 Å². The van der Waals surface area contributed by atoms with Crippen molar-refractivity contribution in [3.63, 3.8) is 0 Å².